The van der Waals surface area contributed by atoms with Crippen LogP contribution in [0.1, 0.15) is 33.6 Å². The zero-order valence-electron chi connectivity index (χ0n) is 13.2. The van der Waals surface area contributed by atoms with Crippen molar-refractivity contribution in [3.63, 3.8) is 0 Å². The van der Waals surface area contributed by atoms with Gasteiger partial charge in [0.05, 0.1) is 0 Å². The van der Waals surface area contributed by atoms with Crippen LogP contribution in [0.4, 0.5) is 5.69 Å². The Hall–Kier alpha value is -1.49. The van der Waals surface area contributed by atoms with Crippen molar-refractivity contribution in [1.29, 1.82) is 0 Å². The van der Waals surface area contributed by atoms with Crippen molar-refractivity contribution in [2.45, 2.75) is 38.5 Å². The van der Waals surface area contributed by atoms with Gasteiger partial charge in [-0.2, -0.15) is 0 Å². The normalized spacial score (nSPS) is 11.0. The van der Waals surface area contributed by atoms with E-state index in [2.05, 4.69) is 10.6 Å². The molecule has 0 saturated carbocycles. The minimum atomic E-state index is -0.388. The molecule has 4 nitrogen and oxygen atoms in total. The summed E-state index contributed by atoms with van der Waals surface area (Å²) in [5.41, 5.74) is 0.422. The zero-order chi connectivity index (χ0) is 15.9. The monoisotopic (exact) mass is 308 g/mol. The summed E-state index contributed by atoms with van der Waals surface area (Å²) in [6.07, 6.45) is 3.03. The van der Waals surface area contributed by atoms with Gasteiger partial charge in [-0.1, -0.05) is 26.8 Å². The average Bonchev–Trinajstić information content (AvgIpc) is 2.42. The van der Waals surface area contributed by atoms with Crippen molar-refractivity contribution in [2.75, 3.05) is 18.1 Å². The van der Waals surface area contributed by atoms with Crippen LogP contribution >= 0.6 is 11.8 Å². The Morgan fingerprint density at radius 2 is 1.95 bits per heavy atom. The van der Waals surface area contributed by atoms with Gasteiger partial charge in [-0.15, -0.1) is 11.8 Å². The SMILES string of the molecule is CSc1cccc(NC(=O)CCCNC(=O)C(C)(C)C)c1. The molecule has 0 fully saturated rings. The molecule has 0 aliphatic rings. The second-order valence-electron chi connectivity index (χ2n) is 5.89. The van der Waals surface area contributed by atoms with Crippen LogP contribution < -0.4 is 10.6 Å². The maximum absolute atomic E-state index is 11.8. The summed E-state index contributed by atoms with van der Waals surface area (Å²) in [5, 5.41) is 5.71. The van der Waals surface area contributed by atoms with E-state index in [1.54, 1.807) is 11.8 Å². The molecule has 1 aromatic carbocycles. The van der Waals surface area contributed by atoms with Crippen LogP contribution in [-0.4, -0.2) is 24.6 Å². The molecule has 21 heavy (non-hydrogen) atoms. The van der Waals surface area contributed by atoms with Crippen molar-refractivity contribution in [1.82, 2.24) is 5.32 Å². The lowest BCUT2D eigenvalue weighted by atomic mass is 9.96. The lowest BCUT2D eigenvalue weighted by Crippen LogP contribution is -2.35. The maximum Gasteiger partial charge on any atom is 0.225 e. The van der Waals surface area contributed by atoms with E-state index in [4.69, 9.17) is 0 Å². The van der Waals surface area contributed by atoms with Crippen LogP contribution in [0, 0.1) is 5.41 Å². The third-order valence-electron chi connectivity index (χ3n) is 2.90. The van der Waals surface area contributed by atoms with E-state index >= 15 is 0 Å². The largest absolute Gasteiger partial charge is 0.356 e. The second-order valence-corrected chi connectivity index (χ2v) is 6.77. The third-order valence-corrected chi connectivity index (χ3v) is 3.63. The summed E-state index contributed by atoms with van der Waals surface area (Å²) in [5.74, 6) is -0.0196. The van der Waals surface area contributed by atoms with Gasteiger partial charge in [0.2, 0.25) is 11.8 Å². The van der Waals surface area contributed by atoms with Crippen molar-refractivity contribution in [2.24, 2.45) is 5.41 Å². The molecule has 5 heteroatoms. The first kappa shape index (κ1) is 17.6. The topological polar surface area (TPSA) is 58.2 Å². The van der Waals surface area contributed by atoms with Crippen molar-refractivity contribution in [3.05, 3.63) is 24.3 Å². The lowest BCUT2D eigenvalue weighted by molar-refractivity contribution is -0.128. The van der Waals surface area contributed by atoms with Crippen LogP contribution in [0.25, 0.3) is 0 Å². The Morgan fingerprint density at radius 1 is 1.24 bits per heavy atom. The van der Waals surface area contributed by atoms with Gasteiger partial charge >= 0.3 is 0 Å². The Balaban J connectivity index is 2.30. The number of amides is 2. The molecule has 0 radical (unpaired) electrons. The zero-order valence-corrected chi connectivity index (χ0v) is 14.0. The smallest absolute Gasteiger partial charge is 0.225 e. The van der Waals surface area contributed by atoms with Crippen molar-refractivity contribution in [3.8, 4) is 0 Å². The van der Waals surface area contributed by atoms with Gasteiger partial charge in [0.15, 0.2) is 0 Å². The first-order valence-corrected chi connectivity index (χ1v) is 8.27. The number of benzene rings is 1. The maximum atomic E-state index is 11.8. The van der Waals surface area contributed by atoms with Crippen LogP contribution in [0.3, 0.4) is 0 Å². The Morgan fingerprint density at radius 3 is 2.57 bits per heavy atom. The number of nitrogens with one attached hydrogen (secondary N) is 2. The molecule has 0 atom stereocenters. The van der Waals surface area contributed by atoms with Gasteiger partial charge < -0.3 is 10.6 Å². The molecule has 0 bridgehead atoms. The molecule has 116 valence electrons. The highest BCUT2D eigenvalue weighted by atomic mass is 32.2. The van der Waals surface area contributed by atoms with Gasteiger partial charge in [0.25, 0.3) is 0 Å². The van der Waals surface area contributed by atoms with E-state index < -0.39 is 0 Å². The van der Waals surface area contributed by atoms with Crippen LogP contribution in [0.15, 0.2) is 29.2 Å². The van der Waals surface area contributed by atoms with Crippen LogP contribution in [0.5, 0.6) is 0 Å². The molecule has 1 rings (SSSR count). The van der Waals surface area contributed by atoms with Crippen molar-refractivity contribution >= 4 is 29.3 Å². The number of carbonyl (C=O) groups excluding carboxylic acids is 2. The quantitative estimate of drug-likeness (QED) is 0.626. The van der Waals surface area contributed by atoms with E-state index in [1.165, 1.54) is 0 Å². The van der Waals surface area contributed by atoms with Gasteiger partial charge in [0.1, 0.15) is 0 Å². The van der Waals surface area contributed by atoms with Gasteiger partial charge in [0, 0.05) is 29.0 Å². The predicted octanol–water partition coefficient (Wildman–Crippen LogP) is 3.29. The summed E-state index contributed by atoms with van der Waals surface area (Å²) in [6.45, 7) is 6.13. The van der Waals surface area contributed by atoms with E-state index in [-0.39, 0.29) is 17.2 Å². The summed E-state index contributed by atoms with van der Waals surface area (Å²) in [4.78, 5) is 24.6. The average molecular weight is 308 g/mol. The predicted molar refractivity (Wildman–Crippen MR) is 88.6 cm³/mol. The van der Waals surface area contributed by atoms with Crippen molar-refractivity contribution < 1.29 is 9.59 Å². The molecule has 0 heterocycles. The molecule has 0 aliphatic heterocycles. The fraction of sp³-hybridized carbons (Fsp3) is 0.500. The number of anilines is 1. The van der Waals surface area contributed by atoms with E-state index in [1.807, 2.05) is 51.3 Å². The molecular weight excluding hydrogens is 284 g/mol. The van der Waals surface area contributed by atoms with E-state index in [0.29, 0.717) is 19.4 Å². The van der Waals surface area contributed by atoms with Crippen LogP contribution in [-0.2, 0) is 9.59 Å². The molecule has 1 aromatic rings. The van der Waals surface area contributed by atoms with E-state index in [0.717, 1.165) is 10.6 Å². The molecule has 0 aromatic heterocycles. The highest BCUT2D eigenvalue weighted by Gasteiger charge is 2.20. The minimum absolute atomic E-state index is 0.00980. The number of thioether (sulfide) groups is 1. The molecule has 0 unspecified atom stereocenters. The number of hydrogen-bond donors (Lipinski definition) is 2. The first-order chi connectivity index (χ1) is 9.82. The van der Waals surface area contributed by atoms with E-state index in [9.17, 15) is 9.59 Å². The summed E-state index contributed by atoms with van der Waals surface area (Å²) in [7, 11) is 0. The number of carbonyl (C=O) groups is 2. The first-order valence-electron chi connectivity index (χ1n) is 7.05. The Labute approximate surface area is 131 Å². The van der Waals surface area contributed by atoms with Gasteiger partial charge in [-0.25, -0.2) is 0 Å². The van der Waals surface area contributed by atoms with Crippen LogP contribution in [0.2, 0.25) is 0 Å². The third kappa shape index (κ3) is 6.67. The lowest BCUT2D eigenvalue weighted by Gasteiger charge is -2.17. The number of rotatable bonds is 6. The molecular formula is C16H24N2O2S. The molecule has 0 spiro atoms. The van der Waals surface area contributed by atoms with Gasteiger partial charge in [-0.3, -0.25) is 9.59 Å². The van der Waals surface area contributed by atoms with Gasteiger partial charge in [-0.05, 0) is 30.9 Å². The fourth-order valence-corrected chi connectivity index (χ4v) is 2.10. The summed E-state index contributed by atoms with van der Waals surface area (Å²) >= 11 is 1.64. The standard InChI is InChI=1S/C16H24N2O2S/c1-16(2,3)15(20)17-10-6-9-14(19)18-12-7-5-8-13(11-12)21-4/h5,7-8,11H,6,9-10H2,1-4H3,(H,17,20)(H,18,19). The highest BCUT2D eigenvalue weighted by Crippen LogP contribution is 2.19. The highest BCUT2D eigenvalue weighted by molar-refractivity contribution is 7.98. The summed E-state index contributed by atoms with van der Waals surface area (Å²) < 4.78 is 0. The number of hydrogen-bond acceptors (Lipinski definition) is 3. The molecule has 0 saturated heterocycles. The Bertz CT molecular complexity index is 495. The molecule has 2 N–H and O–H groups in total. The molecule has 0 aliphatic carbocycles. The fourth-order valence-electron chi connectivity index (χ4n) is 1.64. The Kier molecular flexibility index (Phi) is 6.75. The summed E-state index contributed by atoms with van der Waals surface area (Å²) in [6, 6.07) is 7.75. The second kappa shape index (κ2) is 8.08. The minimum Gasteiger partial charge on any atom is -0.356 e. The molecule has 2 amide bonds.